The van der Waals surface area contributed by atoms with Crippen molar-refractivity contribution in [3.05, 3.63) is 24.2 Å². The number of nitrogens with one attached hydrogen (secondary N) is 1. The average molecular weight is 462 g/mol. The predicted octanol–water partition coefficient (Wildman–Crippen LogP) is 3.06. The Morgan fingerprint density at radius 1 is 1.24 bits per heavy atom. The average Bonchev–Trinajstić information content (AvgIpc) is 3.07. The number of halogens is 1. The molecule has 0 aliphatic carbocycles. The van der Waals surface area contributed by atoms with Gasteiger partial charge in [-0.2, -0.15) is 0 Å². The lowest BCUT2D eigenvalue weighted by Crippen LogP contribution is -2.53. The van der Waals surface area contributed by atoms with Crippen LogP contribution in [0.3, 0.4) is 0 Å². The Hall–Kier alpha value is -1.25. The Kier molecular flexibility index (Phi) is 8.75. The van der Waals surface area contributed by atoms with Gasteiger partial charge in [0.2, 0.25) is 0 Å². The van der Waals surface area contributed by atoms with Crippen molar-refractivity contribution < 1.29 is 9.21 Å². The molecule has 0 bridgehead atoms. The summed E-state index contributed by atoms with van der Waals surface area (Å²) in [5.74, 6) is 1.33. The van der Waals surface area contributed by atoms with Crippen LogP contribution in [-0.4, -0.2) is 60.9 Å². The van der Waals surface area contributed by atoms with Gasteiger partial charge in [-0.3, -0.25) is 9.79 Å². The summed E-state index contributed by atoms with van der Waals surface area (Å²) in [7, 11) is 0. The highest BCUT2D eigenvalue weighted by Gasteiger charge is 2.25. The molecule has 1 aliphatic heterocycles. The molecule has 142 valence electrons. The summed E-state index contributed by atoms with van der Waals surface area (Å²) >= 11 is 0. The van der Waals surface area contributed by atoms with E-state index in [1.54, 1.807) is 12.1 Å². The van der Waals surface area contributed by atoms with E-state index in [0.717, 1.165) is 38.6 Å². The number of furan rings is 1. The van der Waals surface area contributed by atoms with Crippen LogP contribution in [0.25, 0.3) is 0 Å². The molecule has 1 aromatic rings. The third-order valence-electron chi connectivity index (χ3n) is 4.06. The maximum Gasteiger partial charge on any atom is 0.289 e. The van der Waals surface area contributed by atoms with Crippen LogP contribution in [0, 0.1) is 5.41 Å². The Morgan fingerprint density at radius 3 is 2.40 bits per heavy atom. The van der Waals surface area contributed by atoms with Gasteiger partial charge < -0.3 is 19.5 Å². The molecule has 1 N–H and O–H groups in total. The number of rotatable bonds is 4. The van der Waals surface area contributed by atoms with Crippen LogP contribution in [0.4, 0.5) is 0 Å². The Balaban J connectivity index is 0.00000312. The summed E-state index contributed by atoms with van der Waals surface area (Å²) < 4.78 is 5.21. The minimum Gasteiger partial charge on any atom is -0.459 e. The smallest absolute Gasteiger partial charge is 0.289 e. The number of carbonyl (C=O) groups is 1. The minimum absolute atomic E-state index is 0. The monoisotopic (exact) mass is 462 g/mol. The molecule has 0 radical (unpaired) electrons. The molecule has 1 amide bonds. The third kappa shape index (κ3) is 6.87. The zero-order chi connectivity index (χ0) is 17.6. The van der Waals surface area contributed by atoms with Crippen molar-refractivity contribution in [3.8, 4) is 0 Å². The van der Waals surface area contributed by atoms with E-state index in [4.69, 9.17) is 9.41 Å². The Morgan fingerprint density at radius 2 is 1.88 bits per heavy atom. The molecule has 1 saturated heterocycles. The number of guanidine groups is 1. The molecule has 0 spiro atoms. The second-order valence-corrected chi connectivity index (χ2v) is 7.30. The predicted molar refractivity (Wildman–Crippen MR) is 112 cm³/mol. The third-order valence-corrected chi connectivity index (χ3v) is 4.06. The van der Waals surface area contributed by atoms with E-state index in [1.807, 2.05) is 4.90 Å². The molecule has 7 heteroatoms. The quantitative estimate of drug-likeness (QED) is 0.425. The number of aliphatic imine (C=N–C) groups is 1. The van der Waals surface area contributed by atoms with Crippen LogP contribution in [0.2, 0.25) is 0 Å². The van der Waals surface area contributed by atoms with Crippen molar-refractivity contribution in [1.82, 2.24) is 15.1 Å². The van der Waals surface area contributed by atoms with Crippen molar-refractivity contribution in [2.75, 3.05) is 39.3 Å². The Bertz CT molecular complexity index is 544. The fraction of sp³-hybridized carbons (Fsp3) is 0.667. The van der Waals surface area contributed by atoms with Gasteiger partial charge in [-0.25, -0.2) is 0 Å². The van der Waals surface area contributed by atoms with Gasteiger partial charge >= 0.3 is 0 Å². The van der Waals surface area contributed by atoms with Crippen molar-refractivity contribution in [3.63, 3.8) is 0 Å². The summed E-state index contributed by atoms with van der Waals surface area (Å²) in [6, 6.07) is 3.46. The van der Waals surface area contributed by atoms with Crippen LogP contribution in [0.15, 0.2) is 27.8 Å². The van der Waals surface area contributed by atoms with Gasteiger partial charge in [-0.1, -0.05) is 20.8 Å². The lowest BCUT2D eigenvalue weighted by atomic mass is 9.92. The molecule has 0 saturated carbocycles. The van der Waals surface area contributed by atoms with Crippen LogP contribution in [0.1, 0.15) is 44.7 Å². The molecule has 2 heterocycles. The number of hydrogen-bond acceptors (Lipinski definition) is 3. The SMILES string of the molecule is CCNC(=NCCC(C)(C)C)N1CCN(C(=O)c2ccco2)CC1.I. The molecule has 1 fully saturated rings. The summed E-state index contributed by atoms with van der Waals surface area (Å²) in [6.07, 6.45) is 2.59. The van der Waals surface area contributed by atoms with Crippen molar-refractivity contribution >= 4 is 35.8 Å². The lowest BCUT2D eigenvalue weighted by Gasteiger charge is -2.36. The summed E-state index contributed by atoms with van der Waals surface area (Å²) in [5.41, 5.74) is 0.287. The van der Waals surface area contributed by atoms with E-state index < -0.39 is 0 Å². The molecule has 1 aromatic heterocycles. The number of piperazine rings is 1. The van der Waals surface area contributed by atoms with E-state index in [9.17, 15) is 4.79 Å². The second-order valence-electron chi connectivity index (χ2n) is 7.30. The fourth-order valence-corrected chi connectivity index (χ4v) is 2.60. The van der Waals surface area contributed by atoms with Gasteiger partial charge in [0, 0.05) is 39.3 Å². The first-order chi connectivity index (χ1) is 11.4. The molecular formula is C18H31IN4O2. The molecule has 6 nitrogen and oxygen atoms in total. The standard InChI is InChI=1S/C18H30N4O2.HI/c1-5-19-17(20-9-8-18(2,3)4)22-12-10-21(11-13-22)16(23)15-7-6-14-24-15;/h6-7,14H,5,8-13H2,1-4H3,(H,19,20);1H. The van der Waals surface area contributed by atoms with E-state index in [2.05, 4.69) is 37.9 Å². The van der Waals surface area contributed by atoms with Crippen LogP contribution < -0.4 is 5.32 Å². The normalized spacial score (nSPS) is 15.8. The molecule has 1 aliphatic rings. The summed E-state index contributed by atoms with van der Waals surface area (Å²) in [4.78, 5) is 21.1. The first-order valence-corrected chi connectivity index (χ1v) is 8.77. The van der Waals surface area contributed by atoms with Crippen molar-refractivity contribution in [1.29, 1.82) is 0 Å². The Labute approximate surface area is 168 Å². The number of amides is 1. The van der Waals surface area contributed by atoms with Crippen LogP contribution in [-0.2, 0) is 0 Å². The number of nitrogens with zero attached hydrogens (tertiary/aromatic N) is 3. The molecule has 0 aromatic carbocycles. The van der Waals surface area contributed by atoms with E-state index in [0.29, 0.717) is 18.8 Å². The zero-order valence-corrected chi connectivity index (χ0v) is 18.1. The van der Waals surface area contributed by atoms with E-state index in [1.165, 1.54) is 6.26 Å². The van der Waals surface area contributed by atoms with Gasteiger partial charge in [0.1, 0.15) is 0 Å². The molecule has 0 unspecified atom stereocenters. The second kappa shape index (κ2) is 10.0. The molecule has 0 atom stereocenters. The van der Waals surface area contributed by atoms with Crippen LogP contribution in [0.5, 0.6) is 0 Å². The highest BCUT2D eigenvalue weighted by molar-refractivity contribution is 14.0. The molecular weight excluding hydrogens is 431 g/mol. The minimum atomic E-state index is -0.0330. The largest absolute Gasteiger partial charge is 0.459 e. The maximum absolute atomic E-state index is 12.3. The number of carbonyl (C=O) groups excluding carboxylic acids is 1. The van der Waals surface area contributed by atoms with Crippen molar-refractivity contribution in [2.24, 2.45) is 10.4 Å². The highest BCUT2D eigenvalue weighted by atomic mass is 127. The topological polar surface area (TPSA) is 61.1 Å². The van der Waals surface area contributed by atoms with Gasteiger partial charge in [-0.05, 0) is 30.9 Å². The number of hydrogen-bond donors (Lipinski definition) is 1. The van der Waals surface area contributed by atoms with Gasteiger partial charge in [0.15, 0.2) is 11.7 Å². The molecule has 25 heavy (non-hydrogen) atoms. The summed E-state index contributed by atoms with van der Waals surface area (Å²) in [6.45, 7) is 13.4. The highest BCUT2D eigenvalue weighted by Crippen LogP contribution is 2.18. The summed E-state index contributed by atoms with van der Waals surface area (Å²) in [5, 5.41) is 3.36. The fourth-order valence-electron chi connectivity index (χ4n) is 2.60. The van der Waals surface area contributed by atoms with Gasteiger partial charge in [0.05, 0.1) is 6.26 Å². The van der Waals surface area contributed by atoms with E-state index >= 15 is 0 Å². The zero-order valence-electron chi connectivity index (χ0n) is 15.7. The lowest BCUT2D eigenvalue weighted by molar-refractivity contribution is 0.0657. The van der Waals surface area contributed by atoms with Gasteiger partial charge in [-0.15, -0.1) is 24.0 Å². The van der Waals surface area contributed by atoms with Gasteiger partial charge in [0.25, 0.3) is 5.91 Å². The van der Waals surface area contributed by atoms with Crippen LogP contribution >= 0.6 is 24.0 Å². The first kappa shape index (κ1) is 21.8. The molecule has 2 rings (SSSR count). The van der Waals surface area contributed by atoms with Crippen molar-refractivity contribution in [2.45, 2.75) is 34.1 Å². The van der Waals surface area contributed by atoms with E-state index in [-0.39, 0.29) is 35.3 Å². The maximum atomic E-state index is 12.3. The first-order valence-electron chi connectivity index (χ1n) is 8.77.